The molecular formula is C20H19BF2I2N2O. The molecule has 0 aliphatic carbocycles. The number of rotatable bonds is 2. The molecule has 1 aromatic carbocycles. The third-order valence-corrected chi connectivity index (χ3v) is 8.84. The average molecular weight is 606 g/mol. The molecule has 0 atom stereocenters. The highest BCUT2D eigenvalue weighted by molar-refractivity contribution is 14.1. The van der Waals surface area contributed by atoms with Crippen LogP contribution in [0.3, 0.4) is 0 Å². The minimum absolute atomic E-state index is 0.602. The Hall–Kier alpha value is -1.17. The molecule has 4 rings (SSSR count). The summed E-state index contributed by atoms with van der Waals surface area (Å²) in [6, 6.07) is 7.66. The minimum Gasteiger partial charge on any atom is -0.497 e. The number of hydrogen-bond donors (Lipinski definition) is 0. The summed E-state index contributed by atoms with van der Waals surface area (Å²) in [5.74, 6) is 0.706. The van der Waals surface area contributed by atoms with Crippen LogP contribution in [0.1, 0.15) is 36.4 Å². The van der Waals surface area contributed by atoms with Crippen molar-refractivity contribution in [2.24, 2.45) is 0 Å². The lowest BCUT2D eigenvalue weighted by Gasteiger charge is -2.34. The maximum Gasteiger partial charge on any atom is 0.737 e. The van der Waals surface area contributed by atoms with Crippen LogP contribution in [0.15, 0.2) is 39.1 Å². The SMILES string of the molecule is COc1cccc(C2=C3C(C)=C(I)C(C)=[N+]3[B-](F)(F)n3c(C)c(I)c(C)c32)c1. The van der Waals surface area contributed by atoms with Crippen LogP contribution in [0.4, 0.5) is 8.63 Å². The molecule has 0 saturated carbocycles. The number of methoxy groups -OCH3 is 1. The minimum atomic E-state index is -3.98. The van der Waals surface area contributed by atoms with E-state index < -0.39 is 6.97 Å². The Balaban J connectivity index is 2.22. The standard InChI is InChI=1S/C20H19BF2I2N2O/c1-10-17(24)12(3)26-19(10)16(14-7-6-8-15(9-14)28-5)20-11(2)18(25)13(4)27(20)21(26,22)23/h6-9H,1-5H3. The van der Waals surface area contributed by atoms with Gasteiger partial charge < -0.3 is 22.3 Å². The fraction of sp³-hybridized carbons (Fsp3) is 0.250. The summed E-state index contributed by atoms with van der Waals surface area (Å²) < 4.78 is 41.4. The van der Waals surface area contributed by atoms with E-state index in [4.69, 9.17) is 4.74 Å². The van der Waals surface area contributed by atoms with Gasteiger partial charge in [0.25, 0.3) is 0 Å². The van der Waals surface area contributed by atoms with Crippen molar-refractivity contribution in [3.8, 4) is 5.75 Å². The molecule has 2 aliphatic heterocycles. The van der Waals surface area contributed by atoms with Crippen LogP contribution in [-0.4, -0.2) is 28.8 Å². The Kier molecular flexibility index (Phi) is 4.80. The third-order valence-electron chi connectivity index (χ3n) is 5.66. The van der Waals surface area contributed by atoms with E-state index in [9.17, 15) is 0 Å². The van der Waals surface area contributed by atoms with Crippen LogP contribution in [0.25, 0.3) is 5.57 Å². The van der Waals surface area contributed by atoms with E-state index in [0.717, 1.165) is 29.4 Å². The number of fused-ring (bicyclic) bond motifs is 2. The summed E-state index contributed by atoms with van der Waals surface area (Å²) >= 11 is 4.36. The molecule has 1 aromatic heterocycles. The van der Waals surface area contributed by atoms with Crippen molar-refractivity contribution in [3.05, 3.63) is 65.2 Å². The molecule has 3 heterocycles. The van der Waals surface area contributed by atoms with Gasteiger partial charge in [-0.2, -0.15) is 0 Å². The zero-order valence-electron chi connectivity index (χ0n) is 16.2. The number of aromatic nitrogens is 1. The van der Waals surface area contributed by atoms with Gasteiger partial charge in [0.2, 0.25) is 0 Å². The summed E-state index contributed by atoms with van der Waals surface area (Å²) in [5.41, 5.74) is 5.89. The zero-order valence-corrected chi connectivity index (χ0v) is 20.5. The van der Waals surface area contributed by atoms with Gasteiger partial charge in [-0.15, -0.1) is 0 Å². The van der Waals surface area contributed by atoms with E-state index in [1.807, 2.05) is 38.1 Å². The zero-order chi connectivity index (χ0) is 20.5. The molecule has 2 aliphatic rings. The van der Waals surface area contributed by atoms with Crippen LogP contribution in [0.5, 0.6) is 5.75 Å². The van der Waals surface area contributed by atoms with E-state index in [1.165, 1.54) is 8.96 Å². The van der Waals surface area contributed by atoms with E-state index in [-0.39, 0.29) is 0 Å². The maximum atomic E-state index is 15.9. The molecule has 0 fully saturated rings. The van der Waals surface area contributed by atoms with Gasteiger partial charge in [-0.1, -0.05) is 12.1 Å². The lowest BCUT2D eigenvalue weighted by Crippen LogP contribution is -2.51. The fourth-order valence-electron chi connectivity index (χ4n) is 4.33. The molecule has 0 N–H and O–H groups in total. The van der Waals surface area contributed by atoms with E-state index in [1.54, 1.807) is 21.0 Å². The van der Waals surface area contributed by atoms with Crippen LogP contribution in [-0.2, 0) is 0 Å². The van der Waals surface area contributed by atoms with E-state index >= 15 is 8.63 Å². The monoisotopic (exact) mass is 606 g/mol. The Morgan fingerprint density at radius 3 is 2.43 bits per heavy atom. The van der Waals surface area contributed by atoms with Crippen LogP contribution in [0.2, 0.25) is 0 Å². The number of allylic oxidation sites excluding steroid dienone is 2. The van der Waals surface area contributed by atoms with Crippen LogP contribution < -0.4 is 4.74 Å². The van der Waals surface area contributed by atoms with Crippen molar-refractivity contribution in [3.63, 3.8) is 0 Å². The quantitative estimate of drug-likeness (QED) is 0.307. The van der Waals surface area contributed by atoms with Gasteiger partial charge in [0.15, 0.2) is 5.70 Å². The maximum absolute atomic E-state index is 15.9. The predicted molar refractivity (Wildman–Crippen MR) is 127 cm³/mol. The molecular weight excluding hydrogens is 587 g/mol. The smallest absolute Gasteiger partial charge is 0.497 e. The second kappa shape index (κ2) is 6.68. The molecule has 28 heavy (non-hydrogen) atoms. The molecule has 0 bridgehead atoms. The van der Waals surface area contributed by atoms with Gasteiger partial charge in [-0.05, 0) is 94.9 Å². The molecule has 0 amide bonds. The van der Waals surface area contributed by atoms with E-state index in [2.05, 4.69) is 45.2 Å². The highest BCUT2D eigenvalue weighted by atomic mass is 127. The summed E-state index contributed by atoms with van der Waals surface area (Å²) in [4.78, 5) is 0. The molecule has 2 aromatic rings. The van der Waals surface area contributed by atoms with E-state index in [0.29, 0.717) is 28.5 Å². The lowest BCUT2D eigenvalue weighted by atomic mass is 9.84. The molecule has 0 saturated heterocycles. The fourth-order valence-corrected chi connectivity index (χ4v) is 5.36. The first kappa shape index (κ1) is 20.1. The molecule has 8 heteroatoms. The highest BCUT2D eigenvalue weighted by Gasteiger charge is 2.56. The second-order valence-electron chi connectivity index (χ2n) is 7.18. The largest absolute Gasteiger partial charge is 0.737 e. The van der Waals surface area contributed by atoms with Crippen LogP contribution in [0, 0.1) is 17.4 Å². The normalized spacial score (nSPS) is 18.0. The summed E-state index contributed by atoms with van der Waals surface area (Å²) in [6.45, 7) is 3.43. The van der Waals surface area contributed by atoms with Crippen molar-refractivity contribution in [2.45, 2.75) is 27.7 Å². The molecule has 0 spiro atoms. The van der Waals surface area contributed by atoms with Crippen molar-refractivity contribution in [2.75, 3.05) is 7.11 Å². The predicted octanol–water partition coefficient (Wildman–Crippen LogP) is 5.91. The molecule has 0 radical (unpaired) electrons. The van der Waals surface area contributed by atoms with Gasteiger partial charge in [0.05, 0.1) is 16.3 Å². The van der Waals surface area contributed by atoms with Crippen molar-refractivity contribution < 1.29 is 17.9 Å². The summed E-state index contributed by atoms with van der Waals surface area (Å²) in [7, 11) is 1.62. The molecule has 3 nitrogen and oxygen atoms in total. The number of ether oxygens (including phenoxy) is 1. The lowest BCUT2D eigenvalue weighted by molar-refractivity contribution is -0.363. The second-order valence-corrected chi connectivity index (χ2v) is 9.34. The van der Waals surface area contributed by atoms with Gasteiger partial charge in [-0.25, -0.2) is 0 Å². The Bertz CT molecular complexity index is 1150. The first-order chi connectivity index (χ1) is 13.1. The summed E-state index contributed by atoms with van der Waals surface area (Å²) in [6.07, 6.45) is 0. The van der Waals surface area contributed by atoms with Crippen molar-refractivity contribution in [1.29, 1.82) is 0 Å². The summed E-state index contributed by atoms with van der Waals surface area (Å²) in [5, 5.41) is 0. The van der Waals surface area contributed by atoms with Gasteiger partial charge in [0.1, 0.15) is 11.5 Å². The average Bonchev–Trinajstić information content (AvgIpc) is 3.04. The van der Waals surface area contributed by atoms with Crippen LogP contribution >= 0.6 is 45.2 Å². The number of nitrogens with zero attached hydrogens (tertiary/aromatic N) is 2. The van der Waals surface area contributed by atoms with Crippen molar-refractivity contribution in [1.82, 2.24) is 4.48 Å². The number of halogens is 4. The number of hydrogen-bond acceptors (Lipinski definition) is 1. The first-order valence-electron chi connectivity index (χ1n) is 8.91. The molecule has 146 valence electrons. The first-order valence-corrected chi connectivity index (χ1v) is 11.1. The Morgan fingerprint density at radius 2 is 1.79 bits per heavy atom. The topological polar surface area (TPSA) is 17.2 Å². The molecule has 0 unspecified atom stereocenters. The van der Waals surface area contributed by atoms with Gasteiger partial charge >= 0.3 is 6.97 Å². The Labute approximate surface area is 190 Å². The van der Waals surface area contributed by atoms with Crippen molar-refractivity contribution >= 4 is 63.4 Å². The Morgan fingerprint density at radius 1 is 1.11 bits per heavy atom. The van der Waals surface area contributed by atoms with Gasteiger partial charge in [0, 0.05) is 21.8 Å². The highest BCUT2D eigenvalue weighted by Crippen LogP contribution is 2.47. The third kappa shape index (κ3) is 2.52. The number of benzene rings is 1. The van der Waals surface area contributed by atoms with Gasteiger partial charge in [-0.3, -0.25) is 0 Å².